The van der Waals surface area contributed by atoms with E-state index in [4.69, 9.17) is 0 Å². The van der Waals surface area contributed by atoms with Gasteiger partial charge in [-0.05, 0) is 6.42 Å². The third kappa shape index (κ3) is 5.02. The molecule has 0 aromatic heterocycles. The minimum Gasteiger partial charge on any atom is -0.365 e. The van der Waals surface area contributed by atoms with Crippen molar-refractivity contribution in [3.8, 4) is 0 Å². The molecule has 1 aliphatic heterocycles. The van der Waals surface area contributed by atoms with Crippen LogP contribution in [0.15, 0.2) is 4.99 Å². The van der Waals surface area contributed by atoms with Crippen molar-refractivity contribution >= 4 is 16.9 Å². The van der Waals surface area contributed by atoms with E-state index < -0.39 is 12.6 Å². The van der Waals surface area contributed by atoms with Crippen LogP contribution in [0.5, 0.6) is 0 Å². The molecule has 0 unspecified atom stereocenters. The van der Waals surface area contributed by atoms with E-state index in [9.17, 15) is 13.2 Å². The van der Waals surface area contributed by atoms with E-state index in [1.165, 1.54) is 11.8 Å². The number of nitrogens with one attached hydrogen (secondary N) is 1. The van der Waals surface area contributed by atoms with Gasteiger partial charge in [0.15, 0.2) is 5.17 Å². The zero-order chi connectivity index (χ0) is 9.73. The van der Waals surface area contributed by atoms with Crippen molar-refractivity contribution in [3.63, 3.8) is 0 Å². The lowest BCUT2D eigenvalue weighted by atomic mass is 10.4. The van der Waals surface area contributed by atoms with Crippen LogP contribution in [0.4, 0.5) is 13.2 Å². The van der Waals surface area contributed by atoms with Crippen LogP contribution in [-0.4, -0.2) is 30.2 Å². The summed E-state index contributed by atoms with van der Waals surface area (Å²) in [6.07, 6.45) is -3.87. The normalized spacial score (nSPS) is 18.2. The smallest absolute Gasteiger partial charge is 0.365 e. The lowest BCUT2D eigenvalue weighted by Crippen LogP contribution is -2.27. The number of hydrogen-bond donors (Lipinski definition) is 1. The lowest BCUT2D eigenvalue weighted by Gasteiger charge is -2.13. The van der Waals surface area contributed by atoms with Gasteiger partial charge in [0.25, 0.3) is 0 Å². The van der Waals surface area contributed by atoms with E-state index >= 15 is 0 Å². The van der Waals surface area contributed by atoms with Crippen molar-refractivity contribution in [2.75, 3.05) is 18.8 Å². The highest BCUT2D eigenvalue weighted by molar-refractivity contribution is 8.13. The maximum atomic E-state index is 11.7. The summed E-state index contributed by atoms with van der Waals surface area (Å²) >= 11 is 1.49. The molecular formula is C7H11F3N2S. The lowest BCUT2D eigenvalue weighted by molar-refractivity contribution is -0.132. The van der Waals surface area contributed by atoms with Crippen molar-refractivity contribution in [3.05, 3.63) is 0 Å². The second-order valence-electron chi connectivity index (χ2n) is 2.68. The largest absolute Gasteiger partial charge is 0.390 e. The fraction of sp³-hybridized carbons (Fsp3) is 0.857. The third-order valence-corrected chi connectivity index (χ3v) is 2.52. The maximum Gasteiger partial charge on any atom is 0.390 e. The molecule has 0 spiro atoms. The first-order chi connectivity index (χ1) is 6.08. The van der Waals surface area contributed by atoms with Gasteiger partial charge >= 0.3 is 6.18 Å². The van der Waals surface area contributed by atoms with Gasteiger partial charge in [0.1, 0.15) is 0 Å². The number of thioether (sulfide) groups is 1. The first-order valence-corrected chi connectivity index (χ1v) is 5.04. The fourth-order valence-corrected chi connectivity index (χ4v) is 1.73. The van der Waals surface area contributed by atoms with Gasteiger partial charge in [0.05, 0.1) is 6.42 Å². The van der Waals surface area contributed by atoms with Crippen LogP contribution < -0.4 is 5.32 Å². The highest BCUT2D eigenvalue weighted by atomic mass is 32.2. The molecule has 0 aromatic rings. The van der Waals surface area contributed by atoms with Gasteiger partial charge < -0.3 is 5.32 Å². The highest BCUT2D eigenvalue weighted by Crippen LogP contribution is 2.18. The number of nitrogens with zero attached hydrogens (tertiary/aromatic N) is 1. The number of rotatable bonds is 2. The Labute approximate surface area is 79.0 Å². The molecule has 76 valence electrons. The minimum absolute atomic E-state index is 0.0741. The van der Waals surface area contributed by atoms with Crippen LogP contribution in [0.1, 0.15) is 12.8 Å². The van der Waals surface area contributed by atoms with E-state index in [2.05, 4.69) is 10.3 Å². The Bertz CT molecular complexity index is 191. The number of hydrogen-bond acceptors (Lipinski definition) is 3. The molecule has 1 N–H and O–H groups in total. The number of halogens is 3. The van der Waals surface area contributed by atoms with Gasteiger partial charge in [-0.1, -0.05) is 11.8 Å². The Morgan fingerprint density at radius 2 is 2.23 bits per heavy atom. The predicted molar refractivity (Wildman–Crippen MR) is 48.1 cm³/mol. The zero-order valence-electron chi connectivity index (χ0n) is 7.02. The third-order valence-electron chi connectivity index (χ3n) is 1.48. The van der Waals surface area contributed by atoms with Gasteiger partial charge in [0.2, 0.25) is 0 Å². The molecule has 0 amide bonds. The summed E-state index contributed by atoms with van der Waals surface area (Å²) in [6.45, 7) is 0.649. The molecule has 1 heterocycles. The van der Waals surface area contributed by atoms with Crippen molar-refractivity contribution in [1.29, 1.82) is 0 Å². The highest BCUT2D eigenvalue weighted by Gasteiger charge is 2.26. The molecule has 0 bridgehead atoms. The van der Waals surface area contributed by atoms with Gasteiger partial charge in [-0.2, -0.15) is 13.2 Å². The molecule has 0 aliphatic carbocycles. The average Bonchev–Trinajstić information content (AvgIpc) is 2.04. The molecule has 0 aromatic carbocycles. The Morgan fingerprint density at radius 1 is 1.46 bits per heavy atom. The van der Waals surface area contributed by atoms with E-state index in [0.717, 1.165) is 18.7 Å². The van der Waals surface area contributed by atoms with Gasteiger partial charge in [-0.3, -0.25) is 4.99 Å². The Hall–Kier alpha value is -0.390. The molecular weight excluding hydrogens is 201 g/mol. The van der Waals surface area contributed by atoms with Gasteiger partial charge in [-0.15, -0.1) is 0 Å². The monoisotopic (exact) mass is 212 g/mol. The maximum absolute atomic E-state index is 11.7. The Kier molecular flexibility index (Phi) is 3.90. The topological polar surface area (TPSA) is 24.4 Å². The van der Waals surface area contributed by atoms with E-state index in [1.807, 2.05) is 0 Å². The molecule has 0 saturated carbocycles. The number of alkyl halides is 3. The quantitative estimate of drug-likeness (QED) is 0.757. The molecule has 0 atom stereocenters. The second kappa shape index (κ2) is 4.74. The average molecular weight is 212 g/mol. The van der Waals surface area contributed by atoms with Crippen molar-refractivity contribution in [2.24, 2.45) is 4.99 Å². The first kappa shape index (κ1) is 10.7. The van der Waals surface area contributed by atoms with Crippen molar-refractivity contribution in [2.45, 2.75) is 19.0 Å². The number of aliphatic imine (C=N–C) groups is 1. The molecule has 0 fully saturated rings. The van der Waals surface area contributed by atoms with Crippen LogP contribution in [0.3, 0.4) is 0 Å². The summed E-state index contributed by atoms with van der Waals surface area (Å²) in [4.78, 5) is 4.05. The van der Waals surface area contributed by atoms with Crippen LogP contribution in [0.2, 0.25) is 0 Å². The van der Waals surface area contributed by atoms with Crippen molar-refractivity contribution < 1.29 is 13.2 Å². The van der Waals surface area contributed by atoms with E-state index in [0.29, 0.717) is 5.17 Å². The minimum atomic E-state index is -4.08. The standard InChI is InChI=1S/C7H11F3N2S/c8-7(9,10)2-4-12-6-11-3-1-5-13-6/h1-5H2,(H,11,12). The summed E-state index contributed by atoms with van der Waals surface area (Å²) in [6, 6.07) is 0. The van der Waals surface area contributed by atoms with E-state index in [1.54, 1.807) is 0 Å². The first-order valence-electron chi connectivity index (χ1n) is 4.06. The molecule has 13 heavy (non-hydrogen) atoms. The number of amidine groups is 1. The van der Waals surface area contributed by atoms with Gasteiger partial charge in [0, 0.05) is 18.8 Å². The zero-order valence-corrected chi connectivity index (χ0v) is 7.84. The summed E-state index contributed by atoms with van der Waals surface area (Å²) in [7, 11) is 0. The molecule has 1 rings (SSSR count). The van der Waals surface area contributed by atoms with Crippen LogP contribution in [-0.2, 0) is 0 Å². The van der Waals surface area contributed by atoms with Gasteiger partial charge in [-0.25, -0.2) is 0 Å². The molecule has 0 radical (unpaired) electrons. The summed E-state index contributed by atoms with van der Waals surface area (Å²) < 4.78 is 35.2. The Morgan fingerprint density at radius 3 is 2.77 bits per heavy atom. The predicted octanol–water partition coefficient (Wildman–Crippen LogP) is 2.02. The van der Waals surface area contributed by atoms with Crippen LogP contribution >= 0.6 is 11.8 Å². The van der Waals surface area contributed by atoms with Crippen molar-refractivity contribution in [1.82, 2.24) is 5.32 Å². The second-order valence-corrected chi connectivity index (χ2v) is 3.76. The summed E-state index contributed by atoms with van der Waals surface area (Å²) in [5.74, 6) is 0.942. The fourth-order valence-electron chi connectivity index (χ4n) is 0.878. The van der Waals surface area contributed by atoms with Crippen LogP contribution in [0.25, 0.3) is 0 Å². The van der Waals surface area contributed by atoms with Crippen LogP contribution in [0, 0.1) is 0 Å². The van der Waals surface area contributed by atoms with E-state index in [-0.39, 0.29) is 6.54 Å². The SMILES string of the molecule is FC(F)(F)CCNC1=NCCCS1. The Balaban J connectivity index is 2.15. The molecule has 0 saturated heterocycles. The molecule has 6 heteroatoms. The summed E-state index contributed by atoms with van der Waals surface area (Å²) in [5, 5.41) is 3.32. The molecule has 1 aliphatic rings. The molecule has 2 nitrogen and oxygen atoms in total. The summed E-state index contributed by atoms with van der Waals surface area (Å²) in [5.41, 5.74) is 0.